The van der Waals surface area contributed by atoms with Crippen LogP contribution in [0.4, 0.5) is 10.1 Å². The van der Waals surface area contributed by atoms with Crippen LogP contribution in [-0.2, 0) is 4.79 Å². The summed E-state index contributed by atoms with van der Waals surface area (Å²) in [4.78, 5) is 15.0. The maximum Gasteiger partial charge on any atom is 0.344 e. The Morgan fingerprint density at radius 3 is 2.55 bits per heavy atom. The summed E-state index contributed by atoms with van der Waals surface area (Å²) in [7, 11) is 0. The number of benzene rings is 2. The van der Waals surface area contributed by atoms with E-state index in [9.17, 15) is 9.18 Å². The predicted molar refractivity (Wildman–Crippen MR) is 82.6 cm³/mol. The lowest BCUT2D eigenvalue weighted by atomic mass is 10.2. The van der Waals surface area contributed by atoms with E-state index in [4.69, 9.17) is 9.84 Å². The Morgan fingerprint density at radius 1 is 1.27 bits per heavy atom. The number of aryl methyl sites for hydroxylation is 1. The standard InChI is InChI=1S/C17H16FNO3/c1-11-9-14(5-8-16(11)18)19-10-13-3-6-15(7-4-13)22-12(2)17(20)21/h3-10,12H,1-2H3,(H,20,21)/t12-/m0/s1. The molecule has 22 heavy (non-hydrogen) atoms. The van der Waals surface area contributed by atoms with Crippen LogP contribution < -0.4 is 4.74 Å². The lowest BCUT2D eigenvalue weighted by molar-refractivity contribution is -0.144. The Hall–Kier alpha value is -2.69. The van der Waals surface area contributed by atoms with E-state index < -0.39 is 12.1 Å². The van der Waals surface area contributed by atoms with Crippen molar-refractivity contribution >= 4 is 17.9 Å². The van der Waals surface area contributed by atoms with Gasteiger partial charge < -0.3 is 9.84 Å². The molecule has 0 aromatic heterocycles. The van der Waals surface area contributed by atoms with Gasteiger partial charge in [-0.1, -0.05) is 0 Å². The van der Waals surface area contributed by atoms with Crippen molar-refractivity contribution in [2.24, 2.45) is 4.99 Å². The van der Waals surface area contributed by atoms with Gasteiger partial charge in [0.2, 0.25) is 0 Å². The molecule has 0 aliphatic heterocycles. The SMILES string of the molecule is Cc1cc(N=Cc2ccc(O[C@@H](C)C(=O)O)cc2)ccc1F. The highest BCUT2D eigenvalue weighted by atomic mass is 19.1. The summed E-state index contributed by atoms with van der Waals surface area (Å²) in [5.74, 6) is -0.796. The van der Waals surface area contributed by atoms with E-state index in [-0.39, 0.29) is 5.82 Å². The third-order valence-electron chi connectivity index (χ3n) is 3.04. The lowest BCUT2D eigenvalue weighted by Gasteiger charge is -2.09. The van der Waals surface area contributed by atoms with Crippen LogP contribution in [0.2, 0.25) is 0 Å². The van der Waals surface area contributed by atoms with Crippen molar-refractivity contribution in [2.75, 3.05) is 0 Å². The van der Waals surface area contributed by atoms with E-state index in [1.165, 1.54) is 13.0 Å². The molecule has 0 saturated heterocycles. The first kappa shape index (κ1) is 15.7. The molecule has 0 amide bonds. The summed E-state index contributed by atoms with van der Waals surface area (Å²) in [6.07, 6.45) is 0.749. The van der Waals surface area contributed by atoms with E-state index in [0.717, 1.165) is 5.56 Å². The van der Waals surface area contributed by atoms with Crippen LogP contribution in [0.15, 0.2) is 47.5 Å². The average molecular weight is 301 g/mol. The van der Waals surface area contributed by atoms with E-state index in [1.807, 2.05) is 0 Å². The van der Waals surface area contributed by atoms with Crippen LogP contribution in [0, 0.1) is 12.7 Å². The number of carboxylic acids is 1. The van der Waals surface area contributed by atoms with Crippen molar-refractivity contribution in [1.82, 2.24) is 0 Å². The zero-order valence-electron chi connectivity index (χ0n) is 12.3. The highest BCUT2D eigenvalue weighted by Gasteiger charge is 2.11. The van der Waals surface area contributed by atoms with Gasteiger partial charge in [-0.05, 0) is 67.4 Å². The molecular weight excluding hydrogens is 285 g/mol. The minimum atomic E-state index is -1.02. The fraction of sp³-hybridized carbons (Fsp3) is 0.176. The van der Waals surface area contributed by atoms with Gasteiger partial charge in [-0.2, -0.15) is 0 Å². The second-order valence-electron chi connectivity index (χ2n) is 4.86. The second kappa shape index (κ2) is 6.85. The van der Waals surface area contributed by atoms with Crippen LogP contribution in [-0.4, -0.2) is 23.4 Å². The number of aliphatic carboxylic acids is 1. The number of nitrogens with zero attached hydrogens (tertiary/aromatic N) is 1. The van der Waals surface area contributed by atoms with Crippen molar-refractivity contribution in [1.29, 1.82) is 0 Å². The molecule has 1 atom stereocenters. The number of aliphatic imine (C=N–C) groups is 1. The molecule has 2 rings (SSSR count). The minimum absolute atomic E-state index is 0.256. The average Bonchev–Trinajstić information content (AvgIpc) is 2.49. The first-order valence-corrected chi connectivity index (χ1v) is 6.75. The Bertz CT molecular complexity index is 696. The van der Waals surface area contributed by atoms with Gasteiger partial charge in [0.25, 0.3) is 0 Å². The highest BCUT2D eigenvalue weighted by Crippen LogP contribution is 2.17. The Kier molecular flexibility index (Phi) is 4.88. The molecule has 0 fully saturated rings. The summed E-state index contributed by atoms with van der Waals surface area (Å²) in [6, 6.07) is 11.5. The maximum absolute atomic E-state index is 13.2. The van der Waals surface area contributed by atoms with Crippen LogP contribution in [0.5, 0.6) is 5.75 Å². The van der Waals surface area contributed by atoms with Gasteiger partial charge in [0.05, 0.1) is 5.69 Å². The molecule has 114 valence electrons. The summed E-state index contributed by atoms with van der Waals surface area (Å²) in [5.41, 5.74) is 2.04. The van der Waals surface area contributed by atoms with Crippen molar-refractivity contribution in [3.63, 3.8) is 0 Å². The zero-order chi connectivity index (χ0) is 16.1. The molecule has 0 aliphatic rings. The molecule has 0 radical (unpaired) electrons. The number of hydrogen-bond donors (Lipinski definition) is 1. The zero-order valence-corrected chi connectivity index (χ0v) is 12.3. The Morgan fingerprint density at radius 2 is 1.95 bits per heavy atom. The first-order valence-electron chi connectivity index (χ1n) is 6.75. The van der Waals surface area contributed by atoms with Crippen molar-refractivity contribution in [2.45, 2.75) is 20.0 Å². The fourth-order valence-corrected chi connectivity index (χ4v) is 1.75. The second-order valence-corrected chi connectivity index (χ2v) is 4.86. The number of ether oxygens (including phenoxy) is 1. The van der Waals surface area contributed by atoms with Gasteiger partial charge in [-0.15, -0.1) is 0 Å². The summed E-state index contributed by atoms with van der Waals surface area (Å²) < 4.78 is 18.4. The molecule has 2 aromatic carbocycles. The van der Waals surface area contributed by atoms with E-state index in [1.54, 1.807) is 49.5 Å². The molecule has 1 N–H and O–H groups in total. The summed E-state index contributed by atoms with van der Waals surface area (Å²) >= 11 is 0. The van der Waals surface area contributed by atoms with Crippen molar-refractivity contribution in [3.05, 3.63) is 59.4 Å². The third-order valence-corrected chi connectivity index (χ3v) is 3.04. The smallest absolute Gasteiger partial charge is 0.344 e. The molecule has 5 heteroatoms. The van der Waals surface area contributed by atoms with Crippen molar-refractivity contribution < 1.29 is 19.0 Å². The minimum Gasteiger partial charge on any atom is -0.479 e. The van der Waals surface area contributed by atoms with Crippen LogP contribution in [0.3, 0.4) is 0 Å². The van der Waals surface area contributed by atoms with Gasteiger partial charge in [-0.25, -0.2) is 9.18 Å². The van der Waals surface area contributed by atoms with E-state index in [0.29, 0.717) is 17.0 Å². The molecule has 0 aliphatic carbocycles. The normalized spacial score (nSPS) is 12.3. The predicted octanol–water partition coefficient (Wildman–Crippen LogP) is 3.74. The topological polar surface area (TPSA) is 58.9 Å². The van der Waals surface area contributed by atoms with Crippen LogP contribution in [0.1, 0.15) is 18.1 Å². The molecule has 4 nitrogen and oxygen atoms in total. The largest absolute Gasteiger partial charge is 0.479 e. The number of halogens is 1. The van der Waals surface area contributed by atoms with Gasteiger partial charge >= 0.3 is 5.97 Å². The van der Waals surface area contributed by atoms with Gasteiger partial charge in [0.1, 0.15) is 11.6 Å². The molecule has 0 saturated carbocycles. The number of carboxylic acid groups (broad SMARTS) is 1. The van der Waals surface area contributed by atoms with E-state index in [2.05, 4.69) is 4.99 Å². The number of hydrogen-bond acceptors (Lipinski definition) is 3. The molecule has 2 aromatic rings. The first-order chi connectivity index (χ1) is 10.5. The number of rotatable bonds is 5. The summed E-state index contributed by atoms with van der Waals surface area (Å²) in [6.45, 7) is 3.15. The summed E-state index contributed by atoms with van der Waals surface area (Å²) in [5, 5.41) is 8.78. The maximum atomic E-state index is 13.2. The lowest BCUT2D eigenvalue weighted by Crippen LogP contribution is -2.22. The van der Waals surface area contributed by atoms with Gasteiger partial charge in [-0.3, -0.25) is 4.99 Å². The van der Waals surface area contributed by atoms with Crippen LogP contribution >= 0.6 is 0 Å². The quantitative estimate of drug-likeness (QED) is 0.856. The third kappa shape index (κ3) is 4.15. The molecule has 0 heterocycles. The monoisotopic (exact) mass is 301 g/mol. The van der Waals surface area contributed by atoms with Crippen molar-refractivity contribution in [3.8, 4) is 5.75 Å². The van der Waals surface area contributed by atoms with Crippen LogP contribution in [0.25, 0.3) is 0 Å². The fourth-order valence-electron chi connectivity index (χ4n) is 1.75. The molecule has 0 spiro atoms. The molecule has 0 unspecified atom stereocenters. The van der Waals surface area contributed by atoms with Gasteiger partial charge in [0.15, 0.2) is 6.10 Å². The Labute approximate surface area is 127 Å². The number of carbonyl (C=O) groups is 1. The Balaban J connectivity index is 2.05. The van der Waals surface area contributed by atoms with E-state index >= 15 is 0 Å². The highest BCUT2D eigenvalue weighted by molar-refractivity contribution is 5.82. The molecule has 0 bridgehead atoms. The molecular formula is C17H16FNO3. The van der Waals surface area contributed by atoms with Gasteiger partial charge in [0, 0.05) is 6.21 Å².